The van der Waals surface area contributed by atoms with Crippen molar-refractivity contribution in [3.05, 3.63) is 0 Å². The van der Waals surface area contributed by atoms with Crippen LogP contribution in [-0.4, -0.2) is 56.4 Å². The summed E-state index contributed by atoms with van der Waals surface area (Å²) in [6, 6.07) is 0. The van der Waals surface area contributed by atoms with E-state index in [1.54, 1.807) is 0 Å². The van der Waals surface area contributed by atoms with Crippen molar-refractivity contribution in [1.29, 1.82) is 0 Å². The molecule has 0 saturated heterocycles. The maximum atomic E-state index is 11.1. The smallest absolute Gasteiger partial charge is 0.322 e. The lowest BCUT2D eigenvalue weighted by Crippen LogP contribution is -2.39. The van der Waals surface area contributed by atoms with Gasteiger partial charge in [-0.05, 0) is 0 Å². The van der Waals surface area contributed by atoms with Gasteiger partial charge in [0.1, 0.15) is 16.4 Å². The van der Waals surface area contributed by atoms with Crippen molar-refractivity contribution in [2.45, 2.75) is 6.42 Å². The van der Waals surface area contributed by atoms with Gasteiger partial charge in [-0.15, -0.1) is 0 Å². The molecule has 0 spiro atoms. The fourth-order valence-electron chi connectivity index (χ4n) is 0.782. The van der Waals surface area contributed by atoms with Crippen molar-refractivity contribution in [1.82, 2.24) is 10.6 Å². The van der Waals surface area contributed by atoms with Crippen LogP contribution in [0.5, 0.6) is 0 Å². The van der Waals surface area contributed by atoms with Gasteiger partial charge in [0.2, 0.25) is 11.8 Å². The minimum atomic E-state index is -3.22. The largest absolute Gasteiger partial charge is 0.480 e. The Hall–Kier alpha value is -1.64. The van der Waals surface area contributed by atoms with Crippen molar-refractivity contribution >= 4 is 27.6 Å². The Balaban J connectivity index is 3.77. The van der Waals surface area contributed by atoms with Gasteiger partial charge in [-0.3, -0.25) is 14.4 Å². The van der Waals surface area contributed by atoms with E-state index < -0.39 is 34.2 Å². The molecule has 0 bridgehead atoms. The first-order valence-electron chi connectivity index (χ1n) is 4.63. The van der Waals surface area contributed by atoms with Gasteiger partial charge in [-0.1, -0.05) is 0 Å². The number of carbonyl (C=O) groups is 3. The van der Waals surface area contributed by atoms with Gasteiger partial charge in [0, 0.05) is 12.7 Å². The fourth-order valence-corrected chi connectivity index (χ4v) is 1.34. The topological polar surface area (TPSA) is 130 Å². The minimum absolute atomic E-state index is 0.231. The highest BCUT2D eigenvalue weighted by Gasteiger charge is 2.09. The summed E-state index contributed by atoms with van der Waals surface area (Å²) in [5.74, 6) is -2.72. The molecule has 0 saturated carbocycles. The first-order chi connectivity index (χ1) is 7.70. The van der Waals surface area contributed by atoms with Crippen LogP contribution < -0.4 is 10.6 Å². The van der Waals surface area contributed by atoms with Crippen molar-refractivity contribution in [3.8, 4) is 0 Å². The average Bonchev–Trinajstić information content (AvgIpc) is 2.19. The zero-order valence-electron chi connectivity index (χ0n) is 9.23. The molecular formula is C8H14N2O6S. The van der Waals surface area contributed by atoms with Crippen molar-refractivity contribution in [2.24, 2.45) is 0 Å². The monoisotopic (exact) mass is 266 g/mol. The second-order valence-electron chi connectivity index (χ2n) is 3.33. The van der Waals surface area contributed by atoms with E-state index in [2.05, 4.69) is 5.32 Å². The van der Waals surface area contributed by atoms with Crippen molar-refractivity contribution < 1.29 is 27.9 Å². The lowest BCUT2D eigenvalue weighted by atomic mass is 10.4. The molecule has 98 valence electrons. The molecule has 0 aliphatic carbocycles. The molecule has 0 heterocycles. The van der Waals surface area contributed by atoms with Gasteiger partial charge >= 0.3 is 5.97 Å². The first-order valence-corrected chi connectivity index (χ1v) is 6.69. The second kappa shape index (κ2) is 6.84. The molecule has 0 unspecified atom stereocenters. The number of amides is 2. The third-order valence-electron chi connectivity index (χ3n) is 1.58. The van der Waals surface area contributed by atoms with E-state index >= 15 is 0 Å². The quantitative estimate of drug-likeness (QED) is 0.477. The molecule has 0 radical (unpaired) electrons. The molecule has 0 aliphatic heterocycles. The van der Waals surface area contributed by atoms with Crippen LogP contribution in [0, 0.1) is 0 Å². The van der Waals surface area contributed by atoms with E-state index in [9.17, 15) is 22.8 Å². The summed E-state index contributed by atoms with van der Waals surface area (Å²) >= 11 is 0. The van der Waals surface area contributed by atoms with Crippen LogP contribution in [0.2, 0.25) is 0 Å². The Labute approximate surface area is 98.3 Å². The van der Waals surface area contributed by atoms with E-state index in [0.717, 1.165) is 6.26 Å². The molecule has 0 aliphatic rings. The summed E-state index contributed by atoms with van der Waals surface area (Å²) in [4.78, 5) is 32.1. The van der Waals surface area contributed by atoms with Gasteiger partial charge in [0.15, 0.2) is 0 Å². The standard InChI is InChI=1S/C8H14N2O6S/c1-17(15,16)3-2-6(11)9-4-7(12)10-5-8(13)14/h2-5H2,1H3,(H,9,11)(H,10,12)(H,13,14). The van der Waals surface area contributed by atoms with Crippen LogP contribution in [0.1, 0.15) is 6.42 Å². The zero-order valence-corrected chi connectivity index (χ0v) is 10.0. The first kappa shape index (κ1) is 15.4. The molecule has 0 atom stereocenters. The number of aliphatic carboxylic acids is 1. The molecule has 0 fully saturated rings. The molecule has 0 aromatic rings. The van der Waals surface area contributed by atoms with E-state index in [0.29, 0.717) is 0 Å². The zero-order chi connectivity index (χ0) is 13.5. The van der Waals surface area contributed by atoms with Gasteiger partial charge in [-0.2, -0.15) is 0 Å². The normalized spacial score (nSPS) is 10.6. The second-order valence-corrected chi connectivity index (χ2v) is 5.59. The van der Waals surface area contributed by atoms with Crippen LogP contribution in [0.15, 0.2) is 0 Å². The van der Waals surface area contributed by atoms with E-state index in [1.165, 1.54) is 0 Å². The maximum absolute atomic E-state index is 11.1. The van der Waals surface area contributed by atoms with Gasteiger partial charge in [0.05, 0.1) is 12.3 Å². The highest BCUT2D eigenvalue weighted by Crippen LogP contribution is 1.88. The van der Waals surface area contributed by atoms with Crippen molar-refractivity contribution in [3.63, 3.8) is 0 Å². The molecule has 8 nitrogen and oxygen atoms in total. The number of carboxylic acids is 1. The van der Waals surface area contributed by atoms with Crippen LogP contribution in [-0.2, 0) is 24.2 Å². The Kier molecular flexibility index (Phi) is 6.18. The molecule has 9 heteroatoms. The van der Waals surface area contributed by atoms with E-state index in [4.69, 9.17) is 5.11 Å². The molecular weight excluding hydrogens is 252 g/mol. The molecule has 17 heavy (non-hydrogen) atoms. The predicted molar refractivity (Wildman–Crippen MR) is 58.0 cm³/mol. The van der Waals surface area contributed by atoms with Crippen molar-refractivity contribution in [2.75, 3.05) is 25.1 Å². The minimum Gasteiger partial charge on any atom is -0.480 e. The Bertz CT molecular complexity index is 402. The number of carbonyl (C=O) groups excluding carboxylic acids is 2. The summed E-state index contributed by atoms with van der Waals surface area (Å²) in [6.45, 7) is -0.909. The SMILES string of the molecule is CS(=O)(=O)CCC(=O)NCC(=O)NCC(=O)O. The number of rotatable bonds is 7. The lowest BCUT2D eigenvalue weighted by molar-refractivity contribution is -0.137. The summed E-state index contributed by atoms with van der Waals surface area (Å²) in [6.07, 6.45) is 0.769. The number of sulfone groups is 1. The Morgan fingerprint density at radius 1 is 1.06 bits per heavy atom. The Morgan fingerprint density at radius 3 is 2.06 bits per heavy atom. The third-order valence-corrected chi connectivity index (χ3v) is 2.53. The fraction of sp³-hybridized carbons (Fsp3) is 0.625. The van der Waals surface area contributed by atoms with E-state index in [-0.39, 0.29) is 18.7 Å². The number of nitrogens with one attached hydrogen (secondary N) is 2. The molecule has 2 amide bonds. The Morgan fingerprint density at radius 2 is 1.59 bits per heavy atom. The average molecular weight is 266 g/mol. The molecule has 0 rings (SSSR count). The predicted octanol–water partition coefficient (Wildman–Crippen LogP) is -2.26. The highest BCUT2D eigenvalue weighted by atomic mass is 32.2. The molecule has 0 aromatic heterocycles. The van der Waals surface area contributed by atoms with E-state index in [1.807, 2.05) is 5.32 Å². The van der Waals surface area contributed by atoms with Gasteiger partial charge in [0.25, 0.3) is 0 Å². The lowest BCUT2D eigenvalue weighted by Gasteiger charge is -2.04. The van der Waals surface area contributed by atoms with Crippen LogP contribution in [0.4, 0.5) is 0 Å². The van der Waals surface area contributed by atoms with Gasteiger partial charge in [-0.25, -0.2) is 8.42 Å². The maximum Gasteiger partial charge on any atom is 0.322 e. The van der Waals surface area contributed by atoms with Crippen LogP contribution in [0.3, 0.4) is 0 Å². The summed E-state index contributed by atoms with van der Waals surface area (Å²) in [5.41, 5.74) is 0. The summed E-state index contributed by atoms with van der Waals surface area (Å²) in [5, 5.41) is 12.5. The highest BCUT2D eigenvalue weighted by molar-refractivity contribution is 7.90. The molecule has 0 aromatic carbocycles. The number of carboxylic acid groups (broad SMARTS) is 1. The number of hydrogen-bond donors (Lipinski definition) is 3. The summed E-state index contributed by atoms with van der Waals surface area (Å²) < 4.78 is 21.5. The third kappa shape index (κ3) is 10.6. The summed E-state index contributed by atoms with van der Waals surface area (Å²) in [7, 11) is -3.22. The van der Waals surface area contributed by atoms with Gasteiger partial charge < -0.3 is 15.7 Å². The van der Waals surface area contributed by atoms with Crippen LogP contribution in [0.25, 0.3) is 0 Å². The molecule has 3 N–H and O–H groups in total. The number of hydrogen-bond acceptors (Lipinski definition) is 5. The van der Waals surface area contributed by atoms with Crippen LogP contribution >= 0.6 is 0 Å².